The first-order valence-corrected chi connectivity index (χ1v) is 4.88. The van der Waals surface area contributed by atoms with E-state index in [0.29, 0.717) is 5.95 Å². The maximum absolute atomic E-state index is 5.67. The molecule has 0 aliphatic rings. The van der Waals surface area contributed by atoms with E-state index in [1.54, 1.807) is 10.8 Å². The molecule has 2 aromatic heterocycles. The van der Waals surface area contributed by atoms with Crippen molar-refractivity contribution in [1.29, 1.82) is 0 Å². The molecule has 0 amide bonds. The molecule has 14 heavy (non-hydrogen) atoms. The quantitative estimate of drug-likeness (QED) is 0.843. The standard InChI is InChI=1S/C9H9BrN4/c1-14-7(8(10)13-9(14)11)6-4-2-3-5-12-6/h2-5H,1H3,(H2,11,13). The predicted octanol–water partition coefficient (Wildman–Crippen LogP) is 1.83. The first-order chi connectivity index (χ1) is 6.70. The van der Waals surface area contributed by atoms with Crippen LogP contribution in [0.25, 0.3) is 11.4 Å². The van der Waals surface area contributed by atoms with Gasteiger partial charge >= 0.3 is 0 Å². The molecule has 2 rings (SSSR count). The van der Waals surface area contributed by atoms with E-state index in [1.165, 1.54) is 0 Å². The molecule has 0 bridgehead atoms. The molecule has 0 saturated carbocycles. The van der Waals surface area contributed by atoms with Crippen molar-refractivity contribution < 1.29 is 0 Å². The van der Waals surface area contributed by atoms with Crippen LogP contribution in [-0.4, -0.2) is 14.5 Å². The van der Waals surface area contributed by atoms with Crippen LogP contribution in [0.1, 0.15) is 0 Å². The van der Waals surface area contributed by atoms with Crippen LogP contribution in [0.3, 0.4) is 0 Å². The van der Waals surface area contributed by atoms with Crippen LogP contribution >= 0.6 is 15.9 Å². The molecule has 2 N–H and O–H groups in total. The van der Waals surface area contributed by atoms with Crippen LogP contribution < -0.4 is 5.73 Å². The van der Waals surface area contributed by atoms with E-state index in [-0.39, 0.29) is 0 Å². The van der Waals surface area contributed by atoms with Crippen molar-refractivity contribution >= 4 is 21.9 Å². The van der Waals surface area contributed by atoms with Crippen LogP contribution in [0.4, 0.5) is 5.95 Å². The predicted molar refractivity (Wildman–Crippen MR) is 58.6 cm³/mol. The van der Waals surface area contributed by atoms with Crippen molar-refractivity contribution in [3.05, 3.63) is 29.0 Å². The lowest BCUT2D eigenvalue weighted by Gasteiger charge is -2.02. The van der Waals surface area contributed by atoms with Gasteiger partial charge in [0.2, 0.25) is 5.95 Å². The topological polar surface area (TPSA) is 56.7 Å². The highest BCUT2D eigenvalue weighted by molar-refractivity contribution is 9.10. The number of nitrogens with two attached hydrogens (primary N) is 1. The Morgan fingerprint density at radius 3 is 2.71 bits per heavy atom. The van der Waals surface area contributed by atoms with E-state index in [9.17, 15) is 0 Å². The van der Waals surface area contributed by atoms with Gasteiger partial charge in [0, 0.05) is 13.2 Å². The smallest absolute Gasteiger partial charge is 0.201 e. The summed E-state index contributed by atoms with van der Waals surface area (Å²) in [6, 6.07) is 5.72. The van der Waals surface area contributed by atoms with Crippen molar-refractivity contribution in [1.82, 2.24) is 14.5 Å². The molecule has 0 aliphatic heterocycles. The fraction of sp³-hybridized carbons (Fsp3) is 0.111. The van der Waals surface area contributed by atoms with E-state index in [0.717, 1.165) is 16.0 Å². The van der Waals surface area contributed by atoms with Crippen molar-refractivity contribution in [2.75, 3.05) is 5.73 Å². The number of imidazole rings is 1. The minimum Gasteiger partial charge on any atom is -0.369 e. The minimum absolute atomic E-state index is 0.470. The average molecular weight is 253 g/mol. The molecule has 72 valence electrons. The van der Waals surface area contributed by atoms with E-state index < -0.39 is 0 Å². The lowest BCUT2D eigenvalue weighted by molar-refractivity contribution is 0.932. The number of nitrogen functional groups attached to an aromatic ring is 1. The second-order valence-electron chi connectivity index (χ2n) is 2.88. The number of rotatable bonds is 1. The third-order valence-electron chi connectivity index (χ3n) is 1.99. The van der Waals surface area contributed by atoms with Crippen molar-refractivity contribution in [3.63, 3.8) is 0 Å². The molecular formula is C9H9BrN4. The van der Waals surface area contributed by atoms with Gasteiger partial charge in [-0.15, -0.1) is 0 Å². The highest BCUT2D eigenvalue weighted by Gasteiger charge is 2.12. The Labute approximate surface area is 89.9 Å². The monoisotopic (exact) mass is 252 g/mol. The zero-order valence-electron chi connectivity index (χ0n) is 7.61. The van der Waals surface area contributed by atoms with Crippen molar-refractivity contribution in [2.24, 2.45) is 7.05 Å². The van der Waals surface area contributed by atoms with E-state index in [2.05, 4.69) is 25.9 Å². The molecule has 0 aliphatic carbocycles. The molecule has 0 fully saturated rings. The molecule has 0 saturated heterocycles. The second kappa shape index (κ2) is 3.42. The van der Waals surface area contributed by atoms with Crippen LogP contribution in [0.15, 0.2) is 29.0 Å². The Hall–Kier alpha value is -1.36. The van der Waals surface area contributed by atoms with Gasteiger partial charge in [-0.05, 0) is 28.1 Å². The first-order valence-electron chi connectivity index (χ1n) is 4.09. The zero-order chi connectivity index (χ0) is 10.1. The van der Waals surface area contributed by atoms with Gasteiger partial charge in [-0.1, -0.05) is 6.07 Å². The van der Waals surface area contributed by atoms with E-state index in [4.69, 9.17) is 5.73 Å². The number of halogens is 1. The fourth-order valence-corrected chi connectivity index (χ4v) is 1.91. The van der Waals surface area contributed by atoms with Gasteiger partial charge in [-0.2, -0.15) is 0 Å². The third kappa shape index (κ3) is 1.39. The Balaban J connectivity index is 2.62. The number of hydrogen-bond donors (Lipinski definition) is 1. The van der Waals surface area contributed by atoms with Gasteiger partial charge in [0.1, 0.15) is 10.3 Å². The maximum atomic E-state index is 5.67. The summed E-state index contributed by atoms with van der Waals surface area (Å²) in [5.41, 5.74) is 7.42. The maximum Gasteiger partial charge on any atom is 0.201 e. The number of aromatic nitrogens is 3. The molecule has 0 aromatic carbocycles. The van der Waals surface area contributed by atoms with Crippen LogP contribution in [0.2, 0.25) is 0 Å². The lowest BCUT2D eigenvalue weighted by Crippen LogP contribution is -1.99. The number of hydrogen-bond acceptors (Lipinski definition) is 3. The van der Waals surface area contributed by atoms with Crippen molar-refractivity contribution in [2.45, 2.75) is 0 Å². The molecular weight excluding hydrogens is 244 g/mol. The summed E-state index contributed by atoms with van der Waals surface area (Å²) in [7, 11) is 1.86. The number of nitrogens with zero attached hydrogens (tertiary/aromatic N) is 3. The minimum atomic E-state index is 0.470. The van der Waals surface area contributed by atoms with Gasteiger partial charge in [-0.25, -0.2) is 4.98 Å². The summed E-state index contributed by atoms with van der Waals surface area (Å²) in [6.45, 7) is 0. The molecule has 2 heterocycles. The Bertz CT molecular complexity index is 449. The van der Waals surface area contributed by atoms with Crippen LogP contribution in [-0.2, 0) is 7.05 Å². The Morgan fingerprint density at radius 1 is 1.43 bits per heavy atom. The summed E-state index contributed by atoms with van der Waals surface area (Å²) in [5, 5.41) is 0. The van der Waals surface area contributed by atoms with Gasteiger partial charge in [0.15, 0.2) is 0 Å². The molecule has 0 atom stereocenters. The first kappa shape index (κ1) is 9.21. The van der Waals surface area contributed by atoms with Gasteiger partial charge in [-0.3, -0.25) is 4.98 Å². The molecule has 4 nitrogen and oxygen atoms in total. The molecule has 0 spiro atoms. The normalized spacial score (nSPS) is 10.4. The van der Waals surface area contributed by atoms with Crippen LogP contribution in [0.5, 0.6) is 0 Å². The molecule has 5 heteroatoms. The third-order valence-corrected chi connectivity index (χ3v) is 2.55. The Morgan fingerprint density at radius 2 is 2.21 bits per heavy atom. The molecule has 2 aromatic rings. The summed E-state index contributed by atoms with van der Waals surface area (Å²) < 4.78 is 2.52. The highest BCUT2D eigenvalue weighted by Crippen LogP contribution is 2.27. The molecule has 0 unspecified atom stereocenters. The van der Waals surface area contributed by atoms with Gasteiger partial charge in [0.05, 0.1) is 5.69 Å². The van der Waals surface area contributed by atoms with E-state index in [1.807, 2.05) is 25.2 Å². The lowest BCUT2D eigenvalue weighted by atomic mass is 10.3. The summed E-state index contributed by atoms with van der Waals surface area (Å²) in [5.74, 6) is 0.470. The van der Waals surface area contributed by atoms with E-state index >= 15 is 0 Å². The zero-order valence-corrected chi connectivity index (χ0v) is 9.19. The summed E-state index contributed by atoms with van der Waals surface area (Å²) in [4.78, 5) is 8.34. The summed E-state index contributed by atoms with van der Waals surface area (Å²) >= 11 is 3.35. The SMILES string of the molecule is Cn1c(N)nc(Br)c1-c1ccccn1. The molecule has 0 radical (unpaired) electrons. The Kier molecular flexibility index (Phi) is 2.25. The van der Waals surface area contributed by atoms with Gasteiger partial charge in [0.25, 0.3) is 0 Å². The number of anilines is 1. The second-order valence-corrected chi connectivity index (χ2v) is 3.63. The number of pyridine rings is 1. The largest absolute Gasteiger partial charge is 0.369 e. The fourth-order valence-electron chi connectivity index (χ4n) is 1.26. The highest BCUT2D eigenvalue weighted by atomic mass is 79.9. The van der Waals surface area contributed by atoms with Crippen molar-refractivity contribution in [3.8, 4) is 11.4 Å². The van der Waals surface area contributed by atoms with Gasteiger partial charge < -0.3 is 10.3 Å². The summed E-state index contributed by atoms with van der Waals surface area (Å²) in [6.07, 6.45) is 1.74. The average Bonchev–Trinajstić information content (AvgIpc) is 2.43. The van der Waals surface area contributed by atoms with Crippen LogP contribution in [0, 0.1) is 0 Å².